The van der Waals surface area contributed by atoms with Crippen molar-refractivity contribution in [3.8, 4) is 16.9 Å². The third kappa shape index (κ3) is 7.00. The van der Waals surface area contributed by atoms with Crippen LogP contribution in [0.5, 0.6) is 5.75 Å². The van der Waals surface area contributed by atoms with E-state index in [-0.39, 0.29) is 0 Å². The average molecular weight is 558 g/mol. The van der Waals surface area contributed by atoms with Crippen LogP contribution in [0, 0.1) is 5.82 Å². The van der Waals surface area contributed by atoms with Crippen molar-refractivity contribution in [3.05, 3.63) is 108 Å². The standard InChI is InChI=1S/C30H32FN7O3/c1-40-26-9-4-22(5-10-26)17-34-24(15-32)18-33-16-21-2-6-23(7-3-21)28-11-8-25(14-29(28)31)38-20-27(41-30(38)39)19-37-13-12-35-36-37/h2-15,27,33-34H,16-20,32H2,1H3/b24-15-. The molecule has 1 fully saturated rings. The summed E-state index contributed by atoms with van der Waals surface area (Å²) >= 11 is 0. The molecule has 1 aliphatic rings. The topological polar surface area (TPSA) is 120 Å². The van der Waals surface area contributed by atoms with Crippen LogP contribution in [0.25, 0.3) is 11.1 Å². The number of amides is 1. The molecule has 212 valence electrons. The number of benzene rings is 3. The molecular weight excluding hydrogens is 525 g/mol. The van der Waals surface area contributed by atoms with Crippen LogP contribution in [0.4, 0.5) is 14.9 Å². The van der Waals surface area contributed by atoms with E-state index in [0.717, 1.165) is 28.1 Å². The van der Waals surface area contributed by atoms with Gasteiger partial charge in [-0.05, 0) is 47.0 Å². The Morgan fingerprint density at radius 2 is 1.88 bits per heavy atom. The lowest BCUT2D eigenvalue weighted by Crippen LogP contribution is -2.26. The van der Waals surface area contributed by atoms with Gasteiger partial charge >= 0.3 is 6.09 Å². The second kappa shape index (κ2) is 13.0. The van der Waals surface area contributed by atoms with E-state index >= 15 is 4.39 Å². The van der Waals surface area contributed by atoms with Gasteiger partial charge in [-0.25, -0.2) is 13.9 Å². The van der Waals surface area contributed by atoms with E-state index in [2.05, 4.69) is 20.9 Å². The highest BCUT2D eigenvalue weighted by atomic mass is 19.1. The van der Waals surface area contributed by atoms with Gasteiger partial charge in [0.2, 0.25) is 0 Å². The monoisotopic (exact) mass is 557 g/mol. The maximum atomic E-state index is 15.1. The number of ether oxygens (including phenoxy) is 2. The van der Waals surface area contributed by atoms with Gasteiger partial charge in [-0.15, -0.1) is 5.10 Å². The summed E-state index contributed by atoms with van der Waals surface area (Å²) in [6, 6.07) is 20.3. The molecule has 0 radical (unpaired) electrons. The smallest absolute Gasteiger partial charge is 0.414 e. The molecule has 1 aromatic heterocycles. The molecule has 0 bridgehead atoms. The second-order valence-corrected chi connectivity index (χ2v) is 9.60. The van der Waals surface area contributed by atoms with Crippen molar-refractivity contribution in [2.75, 3.05) is 25.1 Å². The number of rotatable bonds is 12. The number of carbonyl (C=O) groups is 1. The Labute approximate surface area is 237 Å². The van der Waals surface area contributed by atoms with E-state index in [9.17, 15) is 4.79 Å². The summed E-state index contributed by atoms with van der Waals surface area (Å²) in [6.45, 7) is 2.53. The lowest BCUT2D eigenvalue weighted by molar-refractivity contribution is 0.129. The van der Waals surface area contributed by atoms with Crippen molar-refractivity contribution < 1.29 is 18.7 Å². The Bertz CT molecular complexity index is 1480. The Morgan fingerprint density at radius 1 is 1.12 bits per heavy atom. The number of hydrogen-bond acceptors (Lipinski definition) is 8. The predicted octanol–water partition coefficient (Wildman–Crippen LogP) is 3.80. The van der Waals surface area contributed by atoms with E-state index in [1.54, 1.807) is 42.5 Å². The molecule has 1 unspecified atom stereocenters. The van der Waals surface area contributed by atoms with Gasteiger partial charge in [0.1, 0.15) is 17.7 Å². The Hall–Kier alpha value is -4.90. The summed E-state index contributed by atoms with van der Waals surface area (Å²) in [5.74, 6) is 0.403. The lowest BCUT2D eigenvalue weighted by atomic mass is 10.0. The summed E-state index contributed by atoms with van der Waals surface area (Å²) in [6.07, 6.45) is 3.91. The third-order valence-corrected chi connectivity index (χ3v) is 6.79. The Kier molecular flexibility index (Phi) is 8.75. The average Bonchev–Trinajstić information content (AvgIpc) is 3.65. The van der Waals surface area contributed by atoms with Gasteiger partial charge < -0.3 is 25.8 Å². The highest BCUT2D eigenvalue weighted by molar-refractivity contribution is 5.90. The molecule has 4 N–H and O–H groups in total. The van der Waals surface area contributed by atoms with E-state index in [0.29, 0.717) is 44.0 Å². The molecular formula is C30H32FN7O3. The normalized spacial score (nSPS) is 15.2. The Morgan fingerprint density at radius 3 is 2.56 bits per heavy atom. The SMILES string of the molecule is COc1ccc(CN/C(=C\N)CNCc2ccc(-c3ccc(N4CC(Cn5ccnn5)OC4=O)cc3F)cc2)cc1. The number of nitrogens with one attached hydrogen (secondary N) is 2. The van der Waals surface area contributed by atoms with Crippen molar-refractivity contribution in [2.45, 2.75) is 25.7 Å². The van der Waals surface area contributed by atoms with Crippen LogP contribution in [0.2, 0.25) is 0 Å². The fourth-order valence-corrected chi connectivity index (χ4v) is 4.56. The number of methoxy groups -OCH3 is 1. The van der Waals surface area contributed by atoms with E-state index < -0.39 is 18.0 Å². The van der Waals surface area contributed by atoms with Gasteiger partial charge in [-0.1, -0.05) is 41.6 Å². The first kappa shape index (κ1) is 27.7. The maximum absolute atomic E-state index is 15.1. The molecule has 0 spiro atoms. The molecule has 4 aromatic rings. The van der Waals surface area contributed by atoms with Crippen molar-refractivity contribution in [1.29, 1.82) is 0 Å². The van der Waals surface area contributed by atoms with Gasteiger partial charge in [0.25, 0.3) is 0 Å². The fourth-order valence-electron chi connectivity index (χ4n) is 4.56. The molecule has 11 heteroatoms. The first-order valence-corrected chi connectivity index (χ1v) is 13.2. The summed E-state index contributed by atoms with van der Waals surface area (Å²) in [5.41, 5.74) is 10.5. The molecule has 0 saturated carbocycles. The number of nitrogens with two attached hydrogens (primary N) is 1. The van der Waals surface area contributed by atoms with E-state index in [1.807, 2.05) is 48.5 Å². The zero-order chi connectivity index (χ0) is 28.6. The number of cyclic esters (lactones) is 1. The second-order valence-electron chi connectivity index (χ2n) is 9.60. The number of hydrogen-bond donors (Lipinski definition) is 3. The minimum absolute atomic E-state index is 0.303. The van der Waals surface area contributed by atoms with Gasteiger partial charge in [-0.2, -0.15) is 0 Å². The number of carbonyl (C=O) groups excluding carboxylic acids is 1. The van der Waals surface area contributed by atoms with Crippen LogP contribution in [0.3, 0.4) is 0 Å². The summed E-state index contributed by atoms with van der Waals surface area (Å²) in [7, 11) is 1.64. The van der Waals surface area contributed by atoms with Gasteiger partial charge in [0, 0.05) is 43.3 Å². The van der Waals surface area contributed by atoms with Crippen molar-refractivity contribution in [3.63, 3.8) is 0 Å². The number of anilines is 1. The third-order valence-electron chi connectivity index (χ3n) is 6.79. The van der Waals surface area contributed by atoms with Gasteiger partial charge in [0.05, 0.1) is 32.1 Å². The number of halogens is 1. The van der Waals surface area contributed by atoms with Crippen LogP contribution in [0.1, 0.15) is 11.1 Å². The van der Waals surface area contributed by atoms with Crippen LogP contribution < -0.4 is 26.0 Å². The van der Waals surface area contributed by atoms with Crippen molar-refractivity contribution in [1.82, 2.24) is 25.6 Å². The van der Waals surface area contributed by atoms with Crippen molar-refractivity contribution in [2.24, 2.45) is 5.73 Å². The van der Waals surface area contributed by atoms with Gasteiger partial charge in [0.15, 0.2) is 0 Å². The minimum Gasteiger partial charge on any atom is -0.497 e. The molecule has 0 aliphatic carbocycles. The van der Waals surface area contributed by atoms with Crippen LogP contribution >= 0.6 is 0 Å². The summed E-state index contributed by atoms with van der Waals surface area (Å²) < 4.78 is 27.3. The van der Waals surface area contributed by atoms with Crippen LogP contribution in [0.15, 0.2) is 91.0 Å². The van der Waals surface area contributed by atoms with Crippen LogP contribution in [-0.4, -0.2) is 47.4 Å². The van der Waals surface area contributed by atoms with E-state index in [1.165, 1.54) is 11.0 Å². The fraction of sp³-hybridized carbons (Fsp3) is 0.233. The highest BCUT2D eigenvalue weighted by Crippen LogP contribution is 2.29. The zero-order valence-electron chi connectivity index (χ0n) is 22.7. The largest absolute Gasteiger partial charge is 0.497 e. The molecule has 1 atom stereocenters. The first-order valence-electron chi connectivity index (χ1n) is 13.2. The number of aromatic nitrogens is 3. The molecule has 1 amide bonds. The van der Waals surface area contributed by atoms with Crippen LogP contribution in [-0.2, 0) is 24.4 Å². The molecule has 41 heavy (non-hydrogen) atoms. The molecule has 3 aromatic carbocycles. The molecule has 10 nitrogen and oxygen atoms in total. The molecule has 2 heterocycles. The number of nitrogens with zero attached hydrogens (tertiary/aromatic N) is 4. The quantitative estimate of drug-likeness (QED) is 0.241. The van der Waals surface area contributed by atoms with Gasteiger partial charge in [-0.3, -0.25) is 4.90 Å². The maximum Gasteiger partial charge on any atom is 0.414 e. The molecule has 5 rings (SSSR count). The summed E-state index contributed by atoms with van der Waals surface area (Å²) in [4.78, 5) is 13.8. The Balaban J connectivity index is 1.12. The highest BCUT2D eigenvalue weighted by Gasteiger charge is 2.33. The summed E-state index contributed by atoms with van der Waals surface area (Å²) in [5, 5.41) is 14.4. The van der Waals surface area contributed by atoms with E-state index in [4.69, 9.17) is 15.2 Å². The van der Waals surface area contributed by atoms with Crippen molar-refractivity contribution >= 4 is 11.8 Å². The lowest BCUT2D eigenvalue weighted by Gasteiger charge is -2.15. The zero-order valence-corrected chi connectivity index (χ0v) is 22.7. The molecule has 1 saturated heterocycles. The minimum atomic E-state index is -0.511. The first-order chi connectivity index (χ1) is 20.0. The molecule has 1 aliphatic heterocycles. The predicted molar refractivity (Wildman–Crippen MR) is 153 cm³/mol.